The summed E-state index contributed by atoms with van der Waals surface area (Å²) in [4.78, 5) is 0. The van der Waals surface area contributed by atoms with E-state index in [1.54, 1.807) is 24.3 Å². The predicted octanol–water partition coefficient (Wildman–Crippen LogP) is 2.51. The van der Waals surface area contributed by atoms with Crippen LogP contribution >= 0.6 is 11.6 Å². The molecule has 1 aromatic rings. The Morgan fingerprint density at radius 2 is 1.60 bits per heavy atom. The minimum absolute atomic E-state index is 0.500. The summed E-state index contributed by atoms with van der Waals surface area (Å²) in [6.45, 7) is 0. The molecule has 0 fully saturated rings. The highest BCUT2D eigenvalue weighted by Gasteiger charge is 1.82. The van der Waals surface area contributed by atoms with E-state index in [0.717, 1.165) is 10.7 Å². The number of halogens is 2. The molecule has 0 bridgehead atoms. The van der Waals surface area contributed by atoms with Gasteiger partial charge in [0.2, 0.25) is 0 Å². The Labute approximate surface area is 64.6 Å². The van der Waals surface area contributed by atoms with Gasteiger partial charge < -0.3 is 5.73 Å². The molecule has 0 unspecified atom stereocenters. The van der Waals surface area contributed by atoms with E-state index < -0.39 is 0 Å². The lowest BCUT2D eigenvalue weighted by atomic mass is 10.3. The molecule has 3 heteroatoms. The largest absolute Gasteiger partial charge is 0.399 e. The maximum Gasteiger partial charge on any atom is 0.0785 e. The second kappa shape index (κ2) is 5.06. The van der Waals surface area contributed by atoms with Crippen LogP contribution in [-0.2, 0) is 0 Å². The summed E-state index contributed by atoms with van der Waals surface area (Å²) in [5.41, 5.74) is 6.11. The summed E-state index contributed by atoms with van der Waals surface area (Å²) in [5, 5.41) is 0.721. The van der Waals surface area contributed by atoms with Gasteiger partial charge in [-0.05, 0) is 24.3 Å². The lowest BCUT2D eigenvalue weighted by molar-refractivity contribution is 0.636. The average molecular weight is 162 g/mol. The van der Waals surface area contributed by atoms with Gasteiger partial charge in [0.25, 0.3) is 0 Å². The molecule has 1 rings (SSSR count). The number of alkyl halides is 1. The van der Waals surface area contributed by atoms with Gasteiger partial charge in [-0.15, -0.1) is 0 Å². The maximum absolute atomic E-state index is 9.50. The minimum Gasteiger partial charge on any atom is -0.399 e. The van der Waals surface area contributed by atoms with Gasteiger partial charge in [-0.1, -0.05) is 11.6 Å². The molecule has 0 radical (unpaired) electrons. The van der Waals surface area contributed by atoms with Crippen LogP contribution in [-0.4, -0.2) is 7.18 Å². The van der Waals surface area contributed by atoms with Crippen molar-refractivity contribution in [2.24, 2.45) is 0 Å². The molecule has 56 valence electrons. The van der Waals surface area contributed by atoms with E-state index in [2.05, 4.69) is 0 Å². The molecule has 1 aromatic carbocycles. The van der Waals surface area contributed by atoms with Crippen molar-refractivity contribution in [1.29, 1.82) is 0 Å². The van der Waals surface area contributed by atoms with Gasteiger partial charge in [0, 0.05) is 10.7 Å². The van der Waals surface area contributed by atoms with Crippen LogP contribution in [0.1, 0.15) is 0 Å². The van der Waals surface area contributed by atoms with E-state index in [0.29, 0.717) is 7.18 Å². The van der Waals surface area contributed by atoms with Crippen LogP contribution in [0.15, 0.2) is 24.3 Å². The molecule has 0 amide bonds. The van der Waals surface area contributed by atoms with Crippen LogP contribution in [0.2, 0.25) is 5.02 Å². The van der Waals surface area contributed by atoms with Gasteiger partial charge in [-0.25, -0.2) is 0 Å². The number of benzene rings is 1. The van der Waals surface area contributed by atoms with Crippen molar-refractivity contribution in [3.63, 3.8) is 0 Å². The monoisotopic (exact) mass is 161 g/mol. The Hall–Kier alpha value is -0.760. The molecule has 0 aliphatic heterocycles. The standard InChI is InChI=1S/C6H6ClN.CH3F/c7-5-1-3-6(8)4-2-5;1-2/h1-4H,8H2;1H3. The second-order valence-corrected chi connectivity index (χ2v) is 1.99. The van der Waals surface area contributed by atoms with Crippen LogP contribution in [0.3, 0.4) is 0 Å². The molecule has 0 saturated heterocycles. The number of rotatable bonds is 0. The van der Waals surface area contributed by atoms with E-state index in [9.17, 15) is 4.39 Å². The minimum atomic E-state index is 0.500. The fraction of sp³-hybridized carbons (Fsp3) is 0.143. The molecule has 0 atom stereocenters. The Morgan fingerprint density at radius 1 is 1.20 bits per heavy atom. The maximum atomic E-state index is 9.50. The van der Waals surface area contributed by atoms with Crippen LogP contribution in [0.5, 0.6) is 0 Å². The first-order valence-corrected chi connectivity index (χ1v) is 3.05. The summed E-state index contributed by atoms with van der Waals surface area (Å²) in [6.07, 6.45) is 0. The van der Waals surface area contributed by atoms with Gasteiger partial charge in [0.1, 0.15) is 0 Å². The number of anilines is 1. The van der Waals surface area contributed by atoms with E-state index in [1.165, 1.54) is 0 Å². The summed E-state index contributed by atoms with van der Waals surface area (Å²) >= 11 is 5.56. The second-order valence-electron chi connectivity index (χ2n) is 1.55. The Kier molecular flexibility index (Phi) is 4.67. The molecule has 2 N–H and O–H groups in total. The third-order valence-electron chi connectivity index (χ3n) is 0.870. The molecule has 0 aliphatic carbocycles. The molecule has 0 aromatic heterocycles. The normalized spacial score (nSPS) is 7.90. The SMILES string of the molecule is CF.Nc1ccc(Cl)cc1. The van der Waals surface area contributed by atoms with Crippen molar-refractivity contribution < 1.29 is 4.39 Å². The highest BCUT2D eigenvalue weighted by Crippen LogP contribution is 2.09. The zero-order valence-electron chi connectivity index (χ0n) is 5.64. The van der Waals surface area contributed by atoms with Gasteiger partial charge in [0.15, 0.2) is 0 Å². The molecule has 0 heterocycles. The lowest BCUT2D eigenvalue weighted by Gasteiger charge is -1.88. The Balaban J connectivity index is 0.000000371. The first-order chi connectivity index (χ1) is 4.79. The van der Waals surface area contributed by atoms with Gasteiger partial charge >= 0.3 is 0 Å². The Bertz CT molecular complexity index is 152. The lowest BCUT2D eigenvalue weighted by Crippen LogP contribution is -1.80. The van der Waals surface area contributed by atoms with E-state index in [1.807, 2.05) is 0 Å². The third kappa shape index (κ3) is 3.30. The highest BCUT2D eigenvalue weighted by molar-refractivity contribution is 6.30. The van der Waals surface area contributed by atoms with Gasteiger partial charge in [0.05, 0.1) is 7.18 Å². The summed E-state index contributed by atoms with van der Waals surface area (Å²) in [5.74, 6) is 0. The predicted molar refractivity (Wildman–Crippen MR) is 42.9 cm³/mol. The molecular formula is C7H9ClFN. The average Bonchev–Trinajstić information content (AvgIpc) is 2.00. The van der Waals surface area contributed by atoms with Crippen molar-refractivity contribution in [2.45, 2.75) is 0 Å². The molecule has 0 aliphatic rings. The van der Waals surface area contributed by atoms with Crippen molar-refractivity contribution in [3.8, 4) is 0 Å². The fourth-order valence-corrected chi connectivity index (χ4v) is 0.589. The van der Waals surface area contributed by atoms with Gasteiger partial charge in [-0.3, -0.25) is 4.39 Å². The van der Waals surface area contributed by atoms with Crippen LogP contribution < -0.4 is 5.73 Å². The number of nitrogen functional groups attached to an aromatic ring is 1. The van der Waals surface area contributed by atoms with E-state index in [4.69, 9.17) is 17.3 Å². The van der Waals surface area contributed by atoms with E-state index >= 15 is 0 Å². The van der Waals surface area contributed by atoms with Crippen LogP contribution in [0.4, 0.5) is 10.1 Å². The number of nitrogens with two attached hydrogens (primary N) is 1. The van der Waals surface area contributed by atoms with Crippen molar-refractivity contribution in [1.82, 2.24) is 0 Å². The molecule has 0 spiro atoms. The number of hydrogen-bond donors (Lipinski definition) is 1. The van der Waals surface area contributed by atoms with Crippen molar-refractivity contribution in [3.05, 3.63) is 29.3 Å². The van der Waals surface area contributed by atoms with Crippen molar-refractivity contribution >= 4 is 17.3 Å². The smallest absolute Gasteiger partial charge is 0.0785 e. The quantitative estimate of drug-likeness (QED) is 0.582. The first-order valence-electron chi connectivity index (χ1n) is 2.68. The van der Waals surface area contributed by atoms with Crippen molar-refractivity contribution in [2.75, 3.05) is 12.9 Å². The molecule has 10 heavy (non-hydrogen) atoms. The summed E-state index contributed by atoms with van der Waals surface area (Å²) in [6, 6.07) is 7.05. The third-order valence-corrected chi connectivity index (χ3v) is 1.12. The van der Waals surface area contributed by atoms with Gasteiger partial charge in [-0.2, -0.15) is 0 Å². The highest BCUT2D eigenvalue weighted by atomic mass is 35.5. The molecular weight excluding hydrogens is 153 g/mol. The summed E-state index contributed by atoms with van der Waals surface area (Å²) < 4.78 is 9.50. The molecule has 1 nitrogen and oxygen atoms in total. The fourth-order valence-electron chi connectivity index (χ4n) is 0.463. The Morgan fingerprint density at radius 3 is 1.90 bits per heavy atom. The number of hydrogen-bond acceptors (Lipinski definition) is 1. The van der Waals surface area contributed by atoms with Crippen LogP contribution in [0.25, 0.3) is 0 Å². The topological polar surface area (TPSA) is 26.0 Å². The summed E-state index contributed by atoms with van der Waals surface area (Å²) in [7, 11) is 0.500. The van der Waals surface area contributed by atoms with Crippen LogP contribution in [0, 0.1) is 0 Å². The van der Waals surface area contributed by atoms with E-state index in [-0.39, 0.29) is 0 Å². The zero-order chi connectivity index (χ0) is 7.98. The first kappa shape index (κ1) is 9.24. The molecule has 0 saturated carbocycles. The zero-order valence-corrected chi connectivity index (χ0v) is 6.40.